The Hall–Kier alpha value is -0.850. The van der Waals surface area contributed by atoms with E-state index in [0.29, 0.717) is 5.78 Å². The van der Waals surface area contributed by atoms with Crippen molar-refractivity contribution in [2.45, 2.75) is 106 Å². The normalized spacial score (nSPS) is 10.1. The molecule has 0 aliphatic rings. The third-order valence-electron chi connectivity index (χ3n) is 2.98. The van der Waals surface area contributed by atoms with Gasteiger partial charge in [-0.25, -0.2) is 0 Å². The highest BCUT2D eigenvalue weighted by Crippen LogP contribution is 2.05. The Morgan fingerprint density at radius 1 is 0.727 bits per heavy atom. The van der Waals surface area contributed by atoms with Crippen LogP contribution in [0.3, 0.4) is 0 Å². The lowest BCUT2D eigenvalue weighted by Crippen LogP contribution is -1.88. The van der Waals surface area contributed by atoms with E-state index in [1.807, 2.05) is 27.7 Å². The SMILES string of the molecule is CC.CC.CCCCC/C=C\C/C=C\CCCCCC(C)=O. The Balaban J connectivity index is -0.000000826. The van der Waals surface area contributed by atoms with E-state index < -0.39 is 0 Å². The molecule has 0 aromatic rings. The van der Waals surface area contributed by atoms with Gasteiger partial charge in [0.2, 0.25) is 0 Å². The van der Waals surface area contributed by atoms with Crippen molar-refractivity contribution in [3.63, 3.8) is 0 Å². The summed E-state index contributed by atoms with van der Waals surface area (Å²) in [5.41, 5.74) is 0. The molecule has 0 heterocycles. The van der Waals surface area contributed by atoms with Gasteiger partial charge in [0.1, 0.15) is 5.78 Å². The largest absolute Gasteiger partial charge is 0.300 e. The summed E-state index contributed by atoms with van der Waals surface area (Å²) in [6.45, 7) is 11.9. The minimum atomic E-state index is 0.318. The molecule has 0 aromatic carbocycles. The Bertz CT molecular complexity index is 238. The van der Waals surface area contributed by atoms with E-state index in [9.17, 15) is 4.79 Å². The molecule has 0 aromatic heterocycles. The molecule has 0 spiro atoms. The van der Waals surface area contributed by atoms with E-state index in [1.165, 1.54) is 38.5 Å². The first-order valence-electron chi connectivity index (χ1n) is 9.56. The fourth-order valence-corrected chi connectivity index (χ4v) is 1.83. The van der Waals surface area contributed by atoms with E-state index in [4.69, 9.17) is 0 Å². The predicted octanol–water partition coefficient (Wildman–Crippen LogP) is 7.66. The number of hydrogen-bond donors (Lipinski definition) is 0. The number of ketones is 1. The zero-order chi connectivity index (χ0) is 17.5. The molecule has 0 aliphatic carbocycles. The van der Waals surface area contributed by atoms with Crippen LogP contribution in [0.4, 0.5) is 0 Å². The van der Waals surface area contributed by atoms with Gasteiger partial charge in [0.15, 0.2) is 0 Å². The third kappa shape index (κ3) is 31.5. The van der Waals surface area contributed by atoms with Gasteiger partial charge in [-0.2, -0.15) is 0 Å². The second kappa shape index (κ2) is 28.3. The average molecular weight is 311 g/mol. The second-order valence-electron chi connectivity index (χ2n) is 4.98. The molecule has 132 valence electrons. The van der Waals surface area contributed by atoms with Crippen LogP contribution < -0.4 is 0 Å². The third-order valence-corrected chi connectivity index (χ3v) is 2.98. The van der Waals surface area contributed by atoms with Gasteiger partial charge in [-0.1, -0.05) is 78.2 Å². The number of carbonyl (C=O) groups is 1. The van der Waals surface area contributed by atoms with Gasteiger partial charge in [0.05, 0.1) is 0 Å². The van der Waals surface area contributed by atoms with Crippen LogP contribution in [0.2, 0.25) is 0 Å². The van der Waals surface area contributed by atoms with E-state index >= 15 is 0 Å². The fraction of sp³-hybridized carbons (Fsp3) is 0.762. The molecule has 0 fully saturated rings. The summed E-state index contributed by atoms with van der Waals surface area (Å²) in [5.74, 6) is 0.318. The monoisotopic (exact) mass is 310 g/mol. The highest BCUT2D eigenvalue weighted by Gasteiger charge is 1.92. The lowest BCUT2D eigenvalue weighted by molar-refractivity contribution is -0.117. The lowest BCUT2D eigenvalue weighted by atomic mass is 10.1. The predicted molar refractivity (Wildman–Crippen MR) is 104 cm³/mol. The lowest BCUT2D eigenvalue weighted by Gasteiger charge is -1.95. The van der Waals surface area contributed by atoms with Crippen LogP contribution in [0.15, 0.2) is 24.3 Å². The summed E-state index contributed by atoms with van der Waals surface area (Å²) in [6, 6.07) is 0. The van der Waals surface area contributed by atoms with E-state index in [1.54, 1.807) is 6.92 Å². The van der Waals surface area contributed by atoms with Crippen molar-refractivity contribution >= 4 is 5.78 Å². The van der Waals surface area contributed by atoms with Crippen molar-refractivity contribution in [1.82, 2.24) is 0 Å². The summed E-state index contributed by atoms with van der Waals surface area (Å²) in [6.07, 6.45) is 20.7. The van der Waals surface area contributed by atoms with Crippen LogP contribution in [0.1, 0.15) is 106 Å². The maximum absolute atomic E-state index is 10.7. The van der Waals surface area contributed by atoms with Gasteiger partial charge in [-0.05, 0) is 45.4 Å². The molecule has 0 radical (unpaired) electrons. The molecule has 1 heteroatoms. The second-order valence-corrected chi connectivity index (χ2v) is 4.98. The quantitative estimate of drug-likeness (QED) is 0.267. The summed E-state index contributed by atoms with van der Waals surface area (Å²) >= 11 is 0. The maximum atomic E-state index is 10.7. The first-order chi connectivity index (χ1) is 10.8. The number of rotatable bonds is 12. The molecule has 1 nitrogen and oxygen atoms in total. The van der Waals surface area contributed by atoms with Gasteiger partial charge in [-0.15, -0.1) is 0 Å². The highest BCUT2D eigenvalue weighted by atomic mass is 16.1. The van der Waals surface area contributed by atoms with Crippen LogP contribution >= 0.6 is 0 Å². The topological polar surface area (TPSA) is 17.1 Å². The molecule has 22 heavy (non-hydrogen) atoms. The van der Waals surface area contributed by atoms with E-state index in [-0.39, 0.29) is 0 Å². The zero-order valence-electron chi connectivity index (χ0n) is 16.3. The molecule has 0 unspecified atom stereocenters. The first kappa shape index (κ1) is 26.1. The summed E-state index contributed by atoms with van der Waals surface area (Å²) in [4.78, 5) is 10.7. The molecule has 0 aliphatic heterocycles. The standard InChI is InChI=1S/C17H30O.2C2H6/c1-3-4-5-6-7-8-9-10-11-12-13-14-15-16-17(2)18;2*1-2/h7-8,10-11H,3-6,9,12-16H2,1-2H3;2*1-2H3/b8-7-,11-10-;;. The van der Waals surface area contributed by atoms with Gasteiger partial charge >= 0.3 is 0 Å². The van der Waals surface area contributed by atoms with Gasteiger partial charge in [-0.3, -0.25) is 0 Å². The number of hydrogen-bond acceptors (Lipinski definition) is 1. The molecule has 0 saturated carbocycles. The van der Waals surface area contributed by atoms with Crippen LogP contribution in [0.5, 0.6) is 0 Å². The van der Waals surface area contributed by atoms with E-state index in [2.05, 4.69) is 31.2 Å². The Labute approximate surface area is 141 Å². The number of Topliss-reactive ketones (excluding diaryl/α,β-unsaturated/α-hetero) is 1. The van der Waals surface area contributed by atoms with E-state index in [0.717, 1.165) is 25.7 Å². The van der Waals surface area contributed by atoms with Crippen LogP contribution in [-0.4, -0.2) is 5.78 Å². The minimum Gasteiger partial charge on any atom is -0.300 e. The minimum absolute atomic E-state index is 0.318. The molecular formula is C21H42O. The molecule has 0 bridgehead atoms. The number of unbranched alkanes of at least 4 members (excludes halogenated alkanes) is 6. The Kier molecular flexibility index (Phi) is 33.6. The molecule has 0 atom stereocenters. The van der Waals surface area contributed by atoms with Crippen LogP contribution in [-0.2, 0) is 4.79 Å². The highest BCUT2D eigenvalue weighted by molar-refractivity contribution is 5.75. The van der Waals surface area contributed by atoms with Crippen LogP contribution in [0.25, 0.3) is 0 Å². The Morgan fingerprint density at radius 2 is 1.23 bits per heavy atom. The summed E-state index contributed by atoms with van der Waals surface area (Å²) in [7, 11) is 0. The van der Waals surface area contributed by atoms with Crippen molar-refractivity contribution in [3.8, 4) is 0 Å². The first-order valence-corrected chi connectivity index (χ1v) is 9.56. The van der Waals surface area contributed by atoms with Crippen molar-refractivity contribution < 1.29 is 4.79 Å². The molecule has 0 rings (SSSR count). The average Bonchev–Trinajstić information content (AvgIpc) is 2.55. The maximum Gasteiger partial charge on any atom is 0.129 e. The van der Waals surface area contributed by atoms with Gasteiger partial charge in [0, 0.05) is 6.42 Å². The van der Waals surface area contributed by atoms with Crippen LogP contribution in [0, 0.1) is 0 Å². The van der Waals surface area contributed by atoms with Gasteiger partial charge < -0.3 is 4.79 Å². The summed E-state index contributed by atoms with van der Waals surface area (Å²) in [5, 5.41) is 0. The molecule has 0 saturated heterocycles. The Morgan fingerprint density at radius 3 is 1.68 bits per heavy atom. The van der Waals surface area contributed by atoms with Crippen molar-refractivity contribution in [2.24, 2.45) is 0 Å². The van der Waals surface area contributed by atoms with Crippen molar-refractivity contribution in [1.29, 1.82) is 0 Å². The summed E-state index contributed by atoms with van der Waals surface area (Å²) < 4.78 is 0. The zero-order valence-corrected chi connectivity index (χ0v) is 16.3. The smallest absolute Gasteiger partial charge is 0.129 e. The molecular weight excluding hydrogens is 268 g/mol. The number of allylic oxidation sites excluding steroid dienone is 4. The molecule has 0 amide bonds. The number of carbonyl (C=O) groups excluding carboxylic acids is 1. The van der Waals surface area contributed by atoms with Gasteiger partial charge in [0.25, 0.3) is 0 Å². The van der Waals surface area contributed by atoms with Crippen molar-refractivity contribution in [2.75, 3.05) is 0 Å². The fourth-order valence-electron chi connectivity index (χ4n) is 1.83. The van der Waals surface area contributed by atoms with Crippen molar-refractivity contribution in [3.05, 3.63) is 24.3 Å². The molecule has 0 N–H and O–H groups in total.